The number of carbonyl (C=O) groups excluding carboxylic acids is 2. The number of rotatable bonds is 15. The van der Waals surface area contributed by atoms with Crippen molar-refractivity contribution < 1.29 is 48.3 Å². The second kappa shape index (κ2) is 16.7. The van der Waals surface area contributed by atoms with Crippen LogP contribution in [0.2, 0.25) is 0 Å². The number of fused-ring (bicyclic) bond motifs is 2. The Labute approximate surface area is 315 Å². The van der Waals surface area contributed by atoms with Crippen molar-refractivity contribution in [2.45, 2.75) is 69.0 Å². The molecule has 0 radical (unpaired) electrons. The number of aliphatic hydroxyl groups excluding tert-OH is 2. The molecule has 53 heavy (non-hydrogen) atoms. The molecule has 2 aliphatic heterocycles. The number of hydrogen-bond donors (Lipinski definition) is 4. The predicted molar refractivity (Wildman–Crippen MR) is 196 cm³/mol. The van der Waals surface area contributed by atoms with Gasteiger partial charge in [0, 0.05) is 49.4 Å². The van der Waals surface area contributed by atoms with E-state index in [4.69, 9.17) is 14.2 Å². The fourth-order valence-corrected chi connectivity index (χ4v) is 7.35. The lowest BCUT2D eigenvalue weighted by atomic mass is 9.82. The van der Waals surface area contributed by atoms with Crippen molar-refractivity contribution in [3.8, 4) is 17.2 Å². The first kappa shape index (κ1) is 38.2. The molecular formula is C39H43BrFN3O9. The number of aliphatic hydroxyl groups is 2. The normalized spacial score (nSPS) is 19.3. The van der Waals surface area contributed by atoms with Crippen LogP contribution < -0.4 is 19.5 Å². The number of aryl methyl sites for hydroxylation is 1. The van der Waals surface area contributed by atoms with Gasteiger partial charge >= 0.3 is 5.97 Å². The van der Waals surface area contributed by atoms with E-state index in [1.54, 1.807) is 26.4 Å². The highest BCUT2D eigenvalue weighted by Crippen LogP contribution is 2.38. The summed E-state index contributed by atoms with van der Waals surface area (Å²) in [5.41, 5.74) is 4.10. The molecule has 1 saturated carbocycles. The van der Waals surface area contributed by atoms with Gasteiger partial charge in [-0.2, -0.15) is 0 Å². The molecule has 282 valence electrons. The van der Waals surface area contributed by atoms with Gasteiger partial charge in [-0.15, -0.1) is 0 Å². The highest BCUT2D eigenvalue weighted by atomic mass is 79.9. The molecular weight excluding hydrogens is 753 g/mol. The number of carboxylic acids is 1. The monoisotopic (exact) mass is 795 g/mol. The Morgan fingerprint density at radius 2 is 1.66 bits per heavy atom. The molecule has 2 heterocycles. The zero-order valence-electron chi connectivity index (χ0n) is 29.5. The Balaban J connectivity index is 1.27. The molecule has 3 aromatic rings. The molecule has 2 fully saturated rings. The molecule has 0 unspecified atom stereocenters. The van der Waals surface area contributed by atoms with E-state index in [0.717, 1.165) is 35.1 Å². The molecule has 0 spiro atoms. The maximum absolute atomic E-state index is 14.8. The highest BCUT2D eigenvalue weighted by molar-refractivity contribution is 9.10. The lowest BCUT2D eigenvalue weighted by Gasteiger charge is -2.45. The van der Waals surface area contributed by atoms with Gasteiger partial charge in [0.05, 0.1) is 31.3 Å². The van der Waals surface area contributed by atoms with Crippen LogP contribution in [0.5, 0.6) is 17.2 Å². The first-order chi connectivity index (χ1) is 25.4. The van der Waals surface area contributed by atoms with Gasteiger partial charge in [0.1, 0.15) is 23.1 Å². The summed E-state index contributed by atoms with van der Waals surface area (Å²) in [5, 5.41) is 33.0. The average molecular weight is 797 g/mol. The summed E-state index contributed by atoms with van der Waals surface area (Å²) in [6, 6.07) is 16.9. The first-order valence-corrected chi connectivity index (χ1v) is 18.3. The number of halogens is 2. The standard InChI is InChI=1S/C39H43BrFN3O9/c1-51-28-14-23(15-29(18-28)52-2)19-44(27-10-11-27)37(47)34-30(17-26-20-43(21-32(34)42-26)38(48)35(45)36(46)39(49)50)24-7-5-22(6-8-24)4-3-13-53-33-16-25(41)9-12-31(33)40/h5-9,12,14-16,18,26-27,32,35-36,42,45-46H,3-4,10-11,13,17,19-21H2,1-2H3,(H,49,50)/t26-,32+,35+,36-/m0/s1. The summed E-state index contributed by atoms with van der Waals surface area (Å²) in [7, 11) is 3.13. The molecule has 4 atom stereocenters. The molecule has 2 bridgehead atoms. The van der Waals surface area contributed by atoms with Crippen LogP contribution in [0.1, 0.15) is 42.4 Å². The van der Waals surface area contributed by atoms with Crippen molar-refractivity contribution in [2.75, 3.05) is 33.9 Å². The van der Waals surface area contributed by atoms with Crippen LogP contribution in [0.15, 0.2) is 70.7 Å². The number of amides is 2. The van der Waals surface area contributed by atoms with Crippen LogP contribution in [0, 0.1) is 5.82 Å². The summed E-state index contributed by atoms with van der Waals surface area (Å²) in [5.74, 6) is -1.53. The molecule has 14 heteroatoms. The van der Waals surface area contributed by atoms with Crippen molar-refractivity contribution in [3.63, 3.8) is 0 Å². The number of carboxylic acid groups (broad SMARTS) is 1. The van der Waals surface area contributed by atoms with Gasteiger partial charge in [0.15, 0.2) is 12.2 Å². The van der Waals surface area contributed by atoms with Gasteiger partial charge in [-0.05, 0) is 94.6 Å². The number of aliphatic carboxylic acids is 1. The number of ether oxygens (including phenoxy) is 3. The molecule has 3 aromatic carbocycles. The predicted octanol–water partition coefficient (Wildman–Crippen LogP) is 3.94. The second-order valence-electron chi connectivity index (χ2n) is 13.6. The van der Waals surface area contributed by atoms with Gasteiger partial charge in [-0.1, -0.05) is 24.3 Å². The number of nitrogens with zero attached hydrogens (tertiary/aromatic N) is 2. The Bertz CT molecular complexity index is 1850. The van der Waals surface area contributed by atoms with Crippen molar-refractivity contribution in [2.24, 2.45) is 0 Å². The van der Waals surface area contributed by atoms with Crippen molar-refractivity contribution in [3.05, 3.63) is 93.2 Å². The van der Waals surface area contributed by atoms with E-state index in [-0.39, 0.29) is 36.9 Å². The van der Waals surface area contributed by atoms with Gasteiger partial charge in [-0.25, -0.2) is 9.18 Å². The Morgan fingerprint density at radius 3 is 2.30 bits per heavy atom. The minimum atomic E-state index is -2.28. The molecule has 4 N–H and O–H groups in total. The number of methoxy groups -OCH3 is 2. The molecule has 1 saturated heterocycles. The van der Waals surface area contributed by atoms with Crippen molar-refractivity contribution in [1.29, 1.82) is 0 Å². The van der Waals surface area contributed by atoms with Crippen molar-refractivity contribution >= 4 is 39.3 Å². The number of carbonyl (C=O) groups is 3. The van der Waals surface area contributed by atoms with Crippen LogP contribution in [-0.4, -0.2) is 107 Å². The number of piperazine rings is 1. The number of benzene rings is 3. The lowest BCUT2D eigenvalue weighted by Crippen LogP contribution is -2.64. The van der Waals surface area contributed by atoms with E-state index < -0.39 is 30.1 Å². The maximum atomic E-state index is 14.8. The highest BCUT2D eigenvalue weighted by Gasteiger charge is 2.45. The Morgan fingerprint density at radius 1 is 0.962 bits per heavy atom. The third-order valence-corrected chi connectivity index (χ3v) is 10.5. The fourth-order valence-electron chi connectivity index (χ4n) is 6.99. The molecule has 2 amide bonds. The zero-order valence-corrected chi connectivity index (χ0v) is 31.1. The number of nitrogens with one attached hydrogen (secondary N) is 1. The van der Waals surface area contributed by atoms with Gasteiger partial charge < -0.3 is 44.6 Å². The van der Waals surface area contributed by atoms with Crippen LogP contribution in [0.4, 0.5) is 4.39 Å². The second-order valence-corrected chi connectivity index (χ2v) is 14.4. The third-order valence-electron chi connectivity index (χ3n) is 9.83. The smallest absolute Gasteiger partial charge is 0.335 e. The lowest BCUT2D eigenvalue weighted by molar-refractivity contribution is -0.163. The quantitative estimate of drug-likeness (QED) is 0.166. The van der Waals surface area contributed by atoms with E-state index >= 15 is 0 Å². The van der Waals surface area contributed by atoms with E-state index in [2.05, 4.69) is 21.2 Å². The fraction of sp³-hybridized carbons (Fsp3) is 0.410. The van der Waals surface area contributed by atoms with Gasteiger partial charge in [0.25, 0.3) is 11.8 Å². The molecule has 3 aliphatic rings. The van der Waals surface area contributed by atoms with E-state index in [9.17, 15) is 34.1 Å². The van der Waals surface area contributed by atoms with E-state index in [1.165, 1.54) is 17.0 Å². The first-order valence-electron chi connectivity index (χ1n) is 17.5. The Hall–Kier alpha value is -4.50. The SMILES string of the molecule is COc1cc(CN(C(=O)C2=C(c3ccc(CCCOc4cc(F)ccc4Br)cc3)C[C@H]3CN(C(=O)[C@H](O)[C@H](O)C(=O)O)C[C@H]2N3)C2CC2)cc(OC)c1. The average Bonchev–Trinajstić information content (AvgIpc) is 4.01. The topological polar surface area (TPSA) is 158 Å². The van der Waals surface area contributed by atoms with Gasteiger partial charge in [-0.3, -0.25) is 9.59 Å². The zero-order chi connectivity index (χ0) is 37.8. The maximum Gasteiger partial charge on any atom is 0.335 e. The minimum absolute atomic E-state index is 0.00565. The summed E-state index contributed by atoms with van der Waals surface area (Å²) in [4.78, 5) is 42.6. The van der Waals surface area contributed by atoms with Crippen LogP contribution >= 0.6 is 15.9 Å². The summed E-state index contributed by atoms with van der Waals surface area (Å²) in [6.45, 7) is 0.836. The third kappa shape index (κ3) is 9.01. The van der Waals surface area contributed by atoms with E-state index in [1.807, 2.05) is 41.3 Å². The van der Waals surface area contributed by atoms with Crippen LogP contribution in [-0.2, 0) is 27.3 Å². The van der Waals surface area contributed by atoms with Crippen molar-refractivity contribution in [1.82, 2.24) is 15.1 Å². The summed E-state index contributed by atoms with van der Waals surface area (Å²) in [6.07, 6.45) is -0.938. The minimum Gasteiger partial charge on any atom is -0.497 e. The largest absolute Gasteiger partial charge is 0.497 e. The molecule has 6 rings (SSSR count). The molecule has 1 aliphatic carbocycles. The Kier molecular flexibility index (Phi) is 12.0. The van der Waals surface area contributed by atoms with E-state index in [0.29, 0.717) is 59.7 Å². The van der Waals surface area contributed by atoms with Crippen LogP contribution in [0.3, 0.4) is 0 Å². The number of hydrogen-bond acceptors (Lipinski definition) is 9. The molecule has 12 nitrogen and oxygen atoms in total. The summed E-state index contributed by atoms with van der Waals surface area (Å²) < 4.78 is 31.1. The van der Waals surface area contributed by atoms with Crippen LogP contribution in [0.25, 0.3) is 5.57 Å². The van der Waals surface area contributed by atoms with Gasteiger partial charge in [0.2, 0.25) is 0 Å². The summed E-state index contributed by atoms with van der Waals surface area (Å²) >= 11 is 3.38. The molecule has 0 aromatic heterocycles.